The van der Waals surface area contributed by atoms with Gasteiger partial charge in [0.1, 0.15) is 0 Å². The first kappa shape index (κ1) is 32.4. The summed E-state index contributed by atoms with van der Waals surface area (Å²) in [6.45, 7) is 14.7. The van der Waals surface area contributed by atoms with Crippen LogP contribution in [0.3, 0.4) is 0 Å². The zero-order valence-electron chi connectivity index (χ0n) is 23.1. The lowest BCUT2D eigenvalue weighted by molar-refractivity contribution is -0.333. The Morgan fingerprint density at radius 1 is 0.559 bits per heavy atom. The number of hydrogen-bond acceptors (Lipinski definition) is 6. The molecule has 0 atom stereocenters. The van der Waals surface area contributed by atoms with Crippen molar-refractivity contribution in [1.82, 2.24) is 0 Å². The monoisotopic (exact) mass is 484 g/mol. The van der Waals surface area contributed by atoms with E-state index < -0.39 is 23.9 Å². The SMILES string of the molecule is CCCC(OC(=O)CCCCC(C)C)(OC(=O)CCCCC(C)C)OC(=O)CCCCC(C)C. The van der Waals surface area contributed by atoms with Crippen LogP contribution in [0.15, 0.2) is 0 Å². The summed E-state index contributed by atoms with van der Waals surface area (Å²) in [5.41, 5.74) is 0. The third-order valence-electron chi connectivity index (χ3n) is 5.60. The molecule has 34 heavy (non-hydrogen) atoms. The molecule has 0 heterocycles. The van der Waals surface area contributed by atoms with Crippen molar-refractivity contribution in [3.63, 3.8) is 0 Å². The Bertz CT molecular complexity index is 493. The Hall–Kier alpha value is -1.59. The molecule has 0 radical (unpaired) electrons. The highest BCUT2D eigenvalue weighted by Gasteiger charge is 2.42. The average Bonchev–Trinajstić information content (AvgIpc) is 2.71. The molecule has 0 aliphatic carbocycles. The second kappa shape index (κ2) is 18.7. The maximum absolute atomic E-state index is 12.6. The van der Waals surface area contributed by atoms with Gasteiger partial charge in [-0.2, -0.15) is 0 Å². The van der Waals surface area contributed by atoms with Crippen molar-refractivity contribution in [1.29, 1.82) is 0 Å². The zero-order valence-corrected chi connectivity index (χ0v) is 23.1. The minimum atomic E-state index is -1.96. The molecule has 0 spiro atoms. The number of esters is 3. The summed E-state index contributed by atoms with van der Waals surface area (Å²) in [5.74, 6) is -1.75. The number of unbranched alkanes of at least 4 members (excludes halogenated alkanes) is 3. The first-order valence-corrected chi connectivity index (χ1v) is 13.6. The van der Waals surface area contributed by atoms with Gasteiger partial charge >= 0.3 is 23.9 Å². The molecular formula is C28H52O6. The van der Waals surface area contributed by atoms with Crippen molar-refractivity contribution in [2.75, 3.05) is 0 Å². The molecule has 200 valence electrons. The van der Waals surface area contributed by atoms with E-state index in [2.05, 4.69) is 41.5 Å². The van der Waals surface area contributed by atoms with Crippen molar-refractivity contribution in [3.8, 4) is 0 Å². The van der Waals surface area contributed by atoms with Gasteiger partial charge in [0.25, 0.3) is 0 Å². The summed E-state index contributed by atoms with van der Waals surface area (Å²) >= 11 is 0. The van der Waals surface area contributed by atoms with E-state index in [1.54, 1.807) is 0 Å². The van der Waals surface area contributed by atoms with E-state index >= 15 is 0 Å². The fourth-order valence-corrected chi connectivity index (χ4v) is 3.66. The maximum Gasteiger partial charge on any atom is 0.423 e. The standard InChI is InChI=1S/C28H52O6/c1-8-21-28(32-25(29)18-12-9-15-22(2)3,33-26(30)19-13-10-16-23(4)5)34-27(31)20-14-11-17-24(6)7/h22-24H,8-21H2,1-7H3. The predicted molar refractivity (Wildman–Crippen MR) is 136 cm³/mol. The second-order valence-corrected chi connectivity index (χ2v) is 10.8. The molecule has 0 amide bonds. The minimum Gasteiger partial charge on any atom is -0.388 e. The van der Waals surface area contributed by atoms with E-state index in [-0.39, 0.29) is 25.7 Å². The molecule has 0 unspecified atom stereocenters. The van der Waals surface area contributed by atoms with Gasteiger partial charge in [-0.1, -0.05) is 87.0 Å². The summed E-state index contributed by atoms with van der Waals surface area (Å²) in [5, 5.41) is 0. The smallest absolute Gasteiger partial charge is 0.388 e. The van der Waals surface area contributed by atoms with Gasteiger partial charge in [-0.15, -0.1) is 0 Å². The summed E-state index contributed by atoms with van der Waals surface area (Å²) in [7, 11) is 0. The van der Waals surface area contributed by atoms with Gasteiger partial charge in [0.05, 0.1) is 6.42 Å². The lowest BCUT2D eigenvalue weighted by Crippen LogP contribution is -2.44. The first-order chi connectivity index (χ1) is 16.0. The predicted octanol–water partition coefficient (Wildman–Crippen LogP) is 7.72. The van der Waals surface area contributed by atoms with E-state index in [1.165, 1.54) is 0 Å². The molecule has 0 bridgehead atoms. The molecule has 0 saturated heterocycles. The van der Waals surface area contributed by atoms with Gasteiger partial charge in [0.2, 0.25) is 0 Å². The molecule has 0 aromatic heterocycles. The first-order valence-electron chi connectivity index (χ1n) is 13.6. The van der Waals surface area contributed by atoms with E-state index in [1.807, 2.05) is 6.92 Å². The number of carbonyl (C=O) groups is 3. The van der Waals surface area contributed by atoms with Gasteiger partial charge in [0, 0.05) is 19.3 Å². The van der Waals surface area contributed by atoms with E-state index in [9.17, 15) is 14.4 Å². The fourth-order valence-electron chi connectivity index (χ4n) is 3.66. The van der Waals surface area contributed by atoms with Gasteiger partial charge < -0.3 is 14.2 Å². The van der Waals surface area contributed by atoms with Crippen molar-refractivity contribution >= 4 is 17.9 Å². The third-order valence-corrected chi connectivity index (χ3v) is 5.60. The van der Waals surface area contributed by atoms with Crippen LogP contribution in [0.5, 0.6) is 0 Å². The van der Waals surface area contributed by atoms with Crippen LogP contribution in [-0.4, -0.2) is 23.9 Å². The molecule has 0 fully saturated rings. The van der Waals surface area contributed by atoms with E-state index in [4.69, 9.17) is 14.2 Å². The Morgan fingerprint density at radius 2 is 0.853 bits per heavy atom. The average molecular weight is 485 g/mol. The van der Waals surface area contributed by atoms with Gasteiger partial charge in [-0.25, -0.2) is 0 Å². The van der Waals surface area contributed by atoms with Crippen LogP contribution in [0.4, 0.5) is 0 Å². The molecule has 0 rings (SSSR count). The number of hydrogen-bond donors (Lipinski definition) is 0. The Morgan fingerprint density at radius 3 is 1.09 bits per heavy atom. The van der Waals surface area contributed by atoms with Gasteiger partial charge in [0.15, 0.2) is 0 Å². The summed E-state index contributed by atoms with van der Waals surface area (Å²) in [4.78, 5) is 37.8. The Kier molecular flexibility index (Phi) is 17.8. The number of carbonyl (C=O) groups excluding carboxylic acids is 3. The van der Waals surface area contributed by atoms with Gasteiger partial charge in [-0.05, 0) is 43.4 Å². The molecule has 6 nitrogen and oxygen atoms in total. The molecular weight excluding hydrogens is 432 g/mol. The highest BCUT2D eigenvalue weighted by molar-refractivity contribution is 5.74. The van der Waals surface area contributed by atoms with Crippen LogP contribution in [0, 0.1) is 17.8 Å². The topological polar surface area (TPSA) is 78.9 Å². The van der Waals surface area contributed by atoms with Crippen molar-refractivity contribution in [3.05, 3.63) is 0 Å². The van der Waals surface area contributed by atoms with Crippen LogP contribution in [0.1, 0.15) is 138 Å². The van der Waals surface area contributed by atoms with E-state index in [0.29, 0.717) is 43.4 Å². The lowest BCUT2D eigenvalue weighted by Gasteiger charge is -2.31. The largest absolute Gasteiger partial charge is 0.423 e. The summed E-state index contributed by atoms with van der Waals surface area (Å²) < 4.78 is 16.8. The molecule has 0 aromatic carbocycles. The Balaban J connectivity index is 5.14. The quantitative estimate of drug-likeness (QED) is 0.0999. The highest BCUT2D eigenvalue weighted by atomic mass is 16.9. The summed E-state index contributed by atoms with van der Waals surface area (Å²) in [6.07, 6.45) is 9.17. The van der Waals surface area contributed by atoms with Crippen LogP contribution < -0.4 is 0 Å². The Labute approximate surface area is 208 Å². The maximum atomic E-state index is 12.6. The van der Waals surface area contributed by atoms with Crippen molar-refractivity contribution in [2.45, 2.75) is 144 Å². The fraction of sp³-hybridized carbons (Fsp3) is 0.893. The lowest BCUT2D eigenvalue weighted by atomic mass is 10.1. The molecule has 0 aromatic rings. The molecule has 0 aliphatic rings. The normalized spacial score (nSPS) is 11.8. The molecule has 0 aliphatic heterocycles. The highest BCUT2D eigenvalue weighted by Crippen LogP contribution is 2.26. The van der Waals surface area contributed by atoms with Crippen molar-refractivity contribution in [2.24, 2.45) is 17.8 Å². The second-order valence-electron chi connectivity index (χ2n) is 10.8. The van der Waals surface area contributed by atoms with Crippen LogP contribution in [0.2, 0.25) is 0 Å². The number of rotatable bonds is 20. The van der Waals surface area contributed by atoms with Crippen LogP contribution >= 0.6 is 0 Å². The number of ether oxygens (including phenoxy) is 3. The molecule has 6 heteroatoms. The zero-order chi connectivity index (χ0) is 26.0. The molecule has 0 saturated carbocycles. The third kappa shape index (κ3) is 17.8. The molecule has 0 N–H and O–H groups in total. The summed E-state index contributed by atoms with van der Waals surface area (Å²) in [6, 6.07) is 0. The minimum absolute atomic E-state index is 0.125. The van der Waals surface area contributed by atoms with Crippen LogP contribution in [0.25, 0.3) is 0 Å². The van der Waals surface area contributed by atoms with Crippen LogP contribution in [-0.2, 0) is 28.6 Å². The van der Waals surface area contributed by atoms with Gasteiger partial charge in [-0.3, -0.25) is 14.4 Å². The van der Waals surface area contributed by atoms with E-state index in [0.717, 1.165) is 38.5 Å². The van der Waals surface area contributed by atoms with Crippen molar-refractivity contribution < 1.29 is 28.6 Å².